The fraction of sp³-hybridized carbons (Fsp3) is 0. The Morgan fingerprint density at radius 2 is 1.50 bits per heavy atom. The molecule has 0 atom stereocenters. The first-order valence-electron chi connectivity index (χ1n) is 3.11. The van der Waals surface area contributed by atoms with Gasteiger partial charge in [-0.05, 0) is 0 Å². The molecule has 14 heavy (non-hydrogen) atoms. The van der Waals surface area contributed by atoms with E-state index in [2.05, 4.69) is 5.14 Å². The summed E-state index contributed by atoms with van der Waals surface area (Å²) < 4.78 is 71.1. The predicted octanol–water partition coefficient (Wildman–Crippen LogP) is 0.890. The lowest BCUT2D eigenvalue weighted by Crippen LogP contribution is -2.16. The van der Waals surface area contributed by atoms with Crippen LogP contribution in [0.25, 0.3) is 0 Å². The third-order valence-corrected chi connectivity index (χ3v) is 2.29. The van der Waals surface area contributed by atoms with E-state index in [-0.39, 0.29) is 6.07 Å². The van der Waals surface area contributed by atoms with Crippen molar-refractivity contribution in [2.75, 3.05) is 0 Å². The van der Waals surface area contributed by atoms with Crippen molar-refractivity contribution in [3.63, 3.8) is 0 Å². The highest BCUT2D eigenvalue weighted by molar-refractivity contribution is 7.89. The third kappa shape index (κ3) is 1.70. The molecule has 8 heteroatoms. The molecule has 1 aromatic rings. The number of hydrogen-bond donors (Lipinski definition) is 1. The summed E-state index contributed by atoms with van der Waals surface area (Å²) in [6.07, 6.45) is 0. The zero-order valence-corrected chi connectivity index (χ0v) is 7.21. The summed E-state index contributed by atoms with van der Waals surface area (Å²) >= 11 is 0. The Labute approximate surface area is 76.2 Å². The Balaban J connectivity index is 3.66. The molecule has 0 saturated carbocycles. The van der Waals surface area contributed by atoms with Crippen LogP contribution in [0, 0.1) is 23.3 Å². The molecule has 0 unspecified atom stereocenters. The van der Waals surface area contributed by atoms with Crippen LogP contribution in [0.2, 0.25) is 0 Å². The van der Waals surface area contributed by atoms with E-state index in [1.165, 1.54) is 0 Å². The fourth-order valence-electron chi connectivity index (χ4n) is 0.758. The second kappa shape index (κ2) is 3.21. The van der Waals surface area contributed by atoms with Crippen molar-refractivity contribution in [3.8, 4) is 0 Å². The average molecular weight is 229 g/mol. The quantitative estimate of drug-likeness (QED) is 0.441. The summed E-state index contributed by atoms with van der Waals surface area (Å²) in [5.74, 6) is -8.16. The molecule has 0 bridgehead atoms. The van der Waals surface area contributed by atoms with Gasteiger partial charge in [-0.2, -0.15) is 0 Å². The lowest BCUT2D eigenvalue weighted by molar-refractivity contribution is 0.396. The Kier molecular flexibility index (Phi) is 2.50. The molecule has 78 valence electrons. The first-order chi connectivity index (χ1) is 6.25. The Morgan fingerprint density at radius 1 is 1.00 bits per heavy atom. The Bertz CT molecular complexity index is 485. The van der Waals surface area contributed by atoms with Crippen molar-refractivity contribution in [1.82, 2.24) is 0 Å². The summed E-state index contributed by atoms with van der Waals surface area (Å²) in [5, 5.41) is 4.42. The van der Waals surface area contributed by atoms with Crippen LogP contribution in [0.4, 0.5) is 17.6 Å². The average Bonchev–Trinajstić information content (AvgIpc) is 2.06. The first-order valence-corrected chi connectivity index (χ1v) is 4.65. The summed E-state index contributed by atoms with van der Waals surface area (Å²) in [7, 11) is -4.62. The van der Waals surface area contributed by atoms with Gasteiger partial charge >= 0.3 is 0 Å². The van der Waals surface area contributed by atoms with Gasteiger partial charge in [0, 0.05) is 6.07 Å². The maximum absolute atomic E-state index is 12.7. The van der Waals surface area contributed by atoms with Gasteiger partial charge in [-0.15, -0.1) is 0 Å². The predicted molar refractivity (Wildman–Crippen MR) is 37.6 cm³/mol. The zero-order chi connectivity index (χ0) is 11.1. The molecule has 3 nitrogen and oxygen atoms in total. The third-order valence-electron chi connectivity index (χ3n) is 1.38. The van der Waals surface area contributed by atoms with Crippen LogP contribution in [0.15, 0.2) is 11.0 Å². The van der Waals surface area contributed by atoms with E-state index < -0.39 is 38.2 Å². The normalized spacial score (nSPS) is 11.8. The molecule has 2 N–H and O–H groups in total. The van der Waals surface area contributed by atoms with Crippen molar-refractivity contribution in [1.29, 1.82) is 0 Å². The van der Waals surface area contributed by atoms with E-state index in [4.69, 9.17) is 0 Å². The second-order valence-corrected chi connectivity index (χ2v) is 3.87. The number of halogens is 4. The van der Waals surface area contributed by atoms with E-state index in [9.17, 15) is 26.0 Å². The minimum absolute atomic E-state index is 0.0247. The molecular weight excluding hydrogens is 226 g/mol. The minimum Gasteiger partial charge on any atom is -0.225 e. The van der Waals surface area contributed by atoms with Gasteiger partial charge in [-0.3, -0.25) is 0 Å². The van der Waals surface area contributed by atoms with Crippen LogP contribution in [-0.2, 0) is 10.0 Å². The molecular formula is C6H3F4NO2S. The molecule has 0 fully saturated rings. The lowest BCUT2D eigenvalue weighted by atomic mass is 10.3. The van der Waals surface area contributed by atoms with Crippen LogP contribution in [0.1, 0.15) is 0 Å². The van der Waals surface area contributed by atoms with Crippen molar-refractivity contribution in [2.45, 2.75) is 4.90 Å². The van der Waals surface area contributed by atoms with Crippen LogP contribution < -0.4 is 5.14 Å². The molecule has 0 aliphatic carbocycles. The summed E-state index contributed by atoms with van der Waals surface area (Å²) in [6.45, 7) is 0. The number of rotatable bonds is 1. The van der Waals surface area contributed by atoms with Gasteiger partial charge in [0.1, 0.15) is 4.90 Å². The molecule has 0 amide bonds. The molecule has 0 aliphatic heterocycles. The van der Waals surface area contributed by atoms with Gasteiger partial charge < -0.3 is 0 Å². The van der Waals surface area contributed by atoms with Crippen LogP contribution in [0.5, 0.6) is 0 Å². The van der Waals surface area contributed by atoms with Crippen molar-refractivity contribution in [3.05, 3.63) is 29.3 Å². The Morgan fingerprint density at radius 3 is 1.93 bits per heavy atom. The van der Waals surface area contributed by atoms with E-state index in [0.717, 1.165) is 0 Å². The van der Waals surface area contributed by atoms with Gasteiger partial charge in [0.25, 0.3) is 0 Å². The molecule has 0 radical (unpaired) electrons. The molecule has 0 aliphatic rings. The maximum Gasteiger partial charge on any atom is 0.241 e. The molecule has 0 aromatic heterocycles. The molecule has 0 spiro atoms. The second-order valence-electron chi connectivity index (χ2n) is 2.34. The number of sulfonamides is 1. The molecule has 0 heterocycles. The standard InChI is InChI=1S/C6H3F4NO2S/c7-2-1-3(14(11,12)13)5(9)6(10)4(2)8/h1H,(H2,11,12,13). The van der Waals surface area contributed by atoms with Crippen molar-refractivity contribution in [2.24, 2.45) is 5.14 Å². The molecule has 1 aromatic carbocycles. The highest BCUT2D eigenvalue weighted by atomic mass is 32.2. The van der Waals surface area contributed by atoms with E-state index in [1.807, 2.05) is 0 Å². The van der Waals surface area contributed by atoms with E-state index >= 15 is 0 Å². The molecule has 1 rings (SSSR count). The van der Waals surface area contributed by atoms with Gasteiger partial charge in [-0.25, -0.2) is 31.1 Å². The molecule has 0 saturated heterocycles. The van der Waals surface area contributed by atoms with Gasteiger partial charge in [-0.1, -0.05) is 0 Å². The fourth-order valence-corrected chi connectivity index (χ4v) is 1.37. The van der Waals surface area contributed by atoms with E-state index in [1.54, 1.807) is 0 Å². The minimum atomic E-state index is -4.62. The lowest BCUT2D eigenvalue weighted by Gasteiger charge is -2.02. The van der Waals surface area contributed by atoms with Gasteiger partial charge in [0.15, 0.2) is 23.3 Å². The largest absolute Gasteiger partial charge is 0.241 e. The van der Waals surface area contributed by atoms with E-state index in [0.29, 0.717) is 0 Å². The van der Waals surface area contributed by atoms with Crippen molar-refractivity contribution < 1.29 is 26.0 Å². The first kappa shape index (κ1) is 10.9. The monoisotopic (exact) mass is 229 g/mol. The van der Waals surface area contributed by atoms with Crippen molar-refractivity contribution >= 4 is 10.0 Å². The topological polar surface area (TPSA) is 60.2 Å². The zero-order valence-electron chi connectivity index (χ0n) is 6.39. The number of benzene rings is 1. The number of hydrogen-bond acceptors (Lipinski definition) is 2. The summed E-state index contributed by atoms with van der Waals surface area (Å²) in [6, 6.07) is -0.0247. The maximum atomic E-state index is 12.7. The number of primary sulfonamides is 1. The number of nitrogens with two attached hydrogens (primary N) is 1. The Hall–Kier alpha value is -1.15. The highest BCUT2D eigenvalue weighted by Gasteiger charge is 2.24. The summed E-state index contributed by atoms with van der Waals surface area (Å²) in [4.78, 5) is -1.42. The van der Waals surface area contributed by atoms with Gasteiger partial charge in [0.2, 0.25) is 10.0 Å². The summed E-state index contributed by atoms with van der Waals surface area (Å²) in [5.41, 5.74) is 0. The van der Waals surface area contributed by atoms with Crippen LogP contribution in [0.3, 0.4) is 0 Å². The van der Waals surface area contributed by atoms with Crippen LogP contribution in [-0.4, -0.2) is 8.42 Å². The van der Waals surface area contributed by atoms with Gasteiger partial charge in [0.05, 0.1) is 0 Å². The smallest absolute Gasteiger partial charge is 0.225 e. The van der Waals surface area contributed by atoms with Crippen LogP contribution >= 0.6 is 0 Å². The highest BCUT2D eigenvalue weighted by Crippen LogP contribution is 2.21. The SMILES string of the molecule is NS(=O)(=O)c1cc(F)c(F)c(F)c1F.